The van der Waals surface area contributed by atoms with Crippen molar-refractivity contribution in [2.45, 2.75) is 0 Å². The van der Waals surface area contributed by atoms with E-state index in [-0.39, 0.29) is 5.91 Å². The summed E-state index contributed by atoms with van der Waals surface area (Å²) in [7, 11) is 0. The zero-order valence-electron chi connectivity index (χ0n) is 12.5. The molecule has 6 heteroatoms. The Morgan fingerprint density at radius 2 is 1.75 bits per heavy atom. The van der Waals surface area contributed by atoms with Crippen molar-refractivity contribution in [3.05, 3.63) is 72.7 Å². The zero-order chi connectivity index (χ0) is 16.4. The first kappa shape index (κ1) is 14.5. The lowest BCUT2D eigenvalue weighted by Gasteiger charge is -2.05. The molecule has 0 aliphatic carbocycles. The number of pyridine rings is 2. The van der Waals surface area contributed by atoms with Crippen molar-refractivity contribution in [2.75, 3.05) is 5.32 Å². The Kier molecular flexibility index (Phi) is 3.72. The minimum Gasteiger partial charge on any atom is -0.321 e. The highest BCUT2D eigenvalue weighted by Gasteiger charge is 2.09. The number of thiazole rings is 1. The van der Waals surface area contributed by atoms with E-state index in [9.17, 15) is 4.79 Å². The summed E-state index contributed by atoms with van der Waals surface area (Å²) in [6.45, 7) is 0. The number of carbonyl (C=O) groups is 1. The van der Waals surface area contributed by atoms with Crippen LogP contribution in [0.5, 0.6) is 0 Å². The van der Waals surface area contributed by atoms with Crippen molar-refractivity contribution < 1.29 is 4.79 Å². The number of rotatable bonds is 3. The molecule has 24 heavy (non-hydrogen) atoms. The van der Waals surface area contributed by atoms with Crippen molar-refractivity contribution in [2.24, 2.45) is 0 Å². The molecule has 0 aliphatic rings. The molecule has 4 aromatic rings. The van der Waals surface area contributed by atoms with Gasteiger partial charge in [0.25, 0.3) is 5.91 Å². The van der Waals surface area contributed by atoms with Gasteiger partial charge in [-0.3, -0.25) is 9.78 Å². The molecule has 1 N–H and O–H groups in total. The van der Waals surface area contributed by atoms with E-state index in [1.807, 2.05) is 36.4 Å². The molecule has 3 heterocycles. The van der Waals surface area contributed by atoms with Crippen LogP contribution >= 0.6 is 11.3 Å². The van der Waals surface area contributed by atoms with Crippen LogP contribution in [0.3, 0.4) is 0 Å². The van der Waals surface area contributed by atoms with E-state index in [1.54, 1.807) is 41.9 Å². The van der Waals surface area contributed by atoms with E-state index in [0.717, 1.165) is 20.9 Å². The average molecular weight is 332 g/mol. The highest BCUT2D eigenvalue weighted by molar-refractivity contribution is 7.21. The van der Waals surface area contributed by atoms with E-state index in [4.69, 9.17) is 0 Å². The summed E-state index contributed by atoms with van der Waals surface area (Å²) < 4.78 is 0. The summed E-state index contributed by atoms with van der Waals surface area (Å²) in [6.07, 6.45) is 3.36. The standard InChI is InChI=1S/C18H12N4OS/c23-16(14-4-1-2-10-19-14)21-13-8-6-12(7-9-13)17-22-15-5-3-11-20-18(15)24-17/h1-11H,(H,21,23). The van der Waals surface area contributed by atoms with Crippen LogP contribution in [0, 0.1) is 0 Å². The number of anilines is 1. The Morgan fingerprint density at radius 1 is 0.917 bits per heavy atom. The fourth-order valence-corrected chi connectivity index (χ4v) is 3.19. The summed E-state index contributed by atoms with van der Waals surface area (Å²) in [6, 6.07) is 16.6. The second-order valence-electron chi connectivity index (χ2n) is 5.09. The molecule has 116 valence electrons. The van der Waals surface area contributed by atoms with Gasteiger partial charge in [-0.2, -0.15) is 0 Å². The molecule has 0 fully saturated rings. The van der Waals surface area contributed by atoms with Gasteiger partial charge < -0.3 is 5.32 Å². The summed E-state index contributed by atoms with van der Waals surface area (Å²) >= 11 is 1.55. The minimum atomic E-state index is -0.229. The number of carbonyl (C=O) groups excluding carboxylic acids is 1. The second kappa shape index (κ2) is 6.17. The third-order valence-electron chi connectivity index (χ3n) is 3.45. The monoisotopic (exact) mass is 332 g/mol. The average Bonchev–Trinajstić information content (AvgIpc) is 3.07. The summed E-state index contributed by atoms with van der Waals surface area (Å²) in [5, 5.41) is 3.74. The third-order valence-corrected chi connectivity index (χ3v) is 4.48. The molecule has 1 aromatic carbocycles. The highest BCUT2D eigenvalue weighted by Crippen LogP contribution is 2.29. The first-order valence-corrected chi connectivity index (χ1v) is 8.16. The minimum absolute atomic E-state index is 0.229. The molecule has 0 aliphatic heterocycles. The number of aromatic nitrogens is 3. The molecule has 0 bridgehead atoms. The lowest BCUT2D eigenvalue weighted by Crippen LogP contribution is -2.13. The van der Waals surface area contributed by atoms with Crippen molar-refractivity contribution >= 4 is 33.3 Å². The lowest BCUT2D eigenvalue weighted by atomic mass is 10.2. The summed E-state index contributed by atoms with van der Waals surface area (Å²) in [4.78, 5) is 25.9. The Morgan fingerprint density at radius 3 is 2.50 bits per heavy atom. The van der Waals surface area contributed by atoms with E-state index >= 15 is 0 Å². The van der Waals surface area contributed by atoms with Gasteiger partial charge in [0, 0.05) is 23.6 Å². The predicted molar refractivity (Wildman–Crippen MR) is 95.0 cm³/mol. The number of amides is 1. The first-order valence-electron chi connectivity index (χ1n) is 7.34. The molecule has 3 aromatic heterocycles. The number of hydrogen-bond acceptors (Lipinski definition) is 5. The number of hydrogen-bond donors (Lipinski definition) is 1. The van der Waals surface area contributed by atoms with Crippen LogP contribution in [-0.2, 0) is 0 Å². The van der Waals surface area contributed by atoms with E-state index < -0.39 is 0 Å². The van der Waals surface area contributed by atoms with Gasteiger partial charge in [0.15, 0.2) is 0 Å². The molecule has 0 unspecified atom stereocenters. The second-order valence-corrected chi connectivity index (χ2v) is 6.07. The summed E-state index contributed by atoms with van der Waals surface area (Å²) in [5.41, 5.74) is 2.99. The number of benzene rings is 1. The molecule has 0 radical (unpaired) electrons. The van der Waals surface area contributed by atoms with Crippen LogP contribution in [0.25, 0.3) is 20.9 Å². The smallest absolute Gasteiger partial charge is 0.274 e. The molecule has 0 spiro atoms. The maximum absolute atomic E-state index is 12.1. The normalized spacial score (nSPS) is 10.7. The first-order chi connectivity index (χ1) is 11.8. The van der Waals surface area contributed by atoms with Crippen LogP contribution < -0.4 is 5.32 Å². The highest BCUT2D eigenvalue weighted by atomic mass is 32.1. The van der Waals surface area contributed by atoms with Gasteiger partial charge in [-0.25, -0.2) is 9.97 Å². The third kappa shape index (κ3) is 2.87. The van der Waals surface area contributed by atoms with Crippen LogP contribution in [0.2, 0.25) is 0 Å². The molecule has 1 amide bonds. The SMILES string of the molecule is O=C(Nc1ccc(-c2nc3cccnc3s2)cc1)c1ccccn1. The van der Waals surface area contributed by atoms with Gasteiger partial charge in [0.1, 0.15) is 21.0 Å². The van der Waals surface area contributed by atoms with Gasteiger partial charge >= 0.3 is 0 Å². The number of nitrogens with one attached hydrogen (secondary N) is 1. The van der Waals surface area contributed by atoms with Gasteiger partial charge in [0.05, 0.1) is 0 Å². The van der Waals surface area contributed by atoms with Crippen LogP contribution in [0.4, 0.5) is 5.69 Å². The Bertz CT molecular complexity index is 963. The topological polar surface area (TPSA) is 67.8 Å². The lowest BCUT2D eigenvalue weighted by molar-refractivity contribution is 0.102. The van der Waals surface area contributed by atoms with Gasteiger partial charge in [-0.15, -0.1) is 0 Å². The maximum atomic E-state index is 12.1. The largest absolute Gasteiger partial charge is 0.321 e. The molecule has 0 atom stereocenters. The van der Waals surface area contributed by atoms with Gasteiger partial charge in [0.2, 0.25) is 0 Å². The van der Waals surface area contributed by atoms with E-state index in [1.165, 1.54) is 0 Å². The zero-order valence-corrected chi connectivity index (χ0v) is 13.3. The Labute approximate surface area is 142 Å². The fourth-order valence-electron chi connectivity index (χ4n) is 2.28. The van der Waals surface area contributed by atoms with Gasteiger partial charge in [-0.1, -0.05) is 17.4 Å². The number of fused-ring (bicyclic) bond motifs is 1. The molecule has 0 saturated heterocycles. The molecule has 4 rings (SSSR count). The van der Waals surface area contributed by atoms with Crippen LogP contribution in [0.1, 0.15) is 10.5 Å². The fraction of sp³-hybridized carbons (Fsp3) is 0. The van der Waals surface area contributed by atoms with Crippen molar-refractivity contribution in [3.8, 4) is 10.6 Å². The number of nitrogens with zero attached hydrogens (tertiary/aromatic N) is 3. The Balaban J connectivity index is 1.55. The molecular formula is C18H12N4OS. The van der Waals surface area contributed by atoms with Gasteiger partial charge in [-0.05, 0) is 48.5 Å². The maximum Gasteiger partial charge on any atom is 0.274 e. The van der Waals surface area contributed by atoms with E-state index in [0.29, 0.717) is 11.4 Å². The summed E-state index contributed by atoms with van der Waals surface area (Å²) in [5.74, 6) is -0.229. The van der Waals surface area contributed by atoms with Crippen LogP contribution in [0.15, 0.2) is 67.0 Å². The van der Waals surface area contributed by atoms with E-state index in [2.05, 4.69) is 20.3 Å². The Hall–Kier alpha value is -3.12. The molecule has 0 saturated carbocycles. The quantitative estimate of drug-likeness (QED) is 0.615. The van der Waals surface area contributed by atoms with Crippen molar-refractivity contribution in [1.29, 1.82) is 0 Å². The predicted octanol–water partition coefficient (Wildman–Crippen LogP) is 4.01. The molecular weight excluding hydrogens is 320 g/mol. The van der Waals surface area contributed by atoms with Crippen LogP contribution in [-0.4, -0.2) is 20.9 Å². The van der Waals surface area contributed by atoms with Crippen molar-refractivity contribution in [1.82, 2.24) is 15.0 Å². The molecule has 5 nitrogen and oxygen atoms in total. The van der Waals surface area contributed by atoms with Crippen molar-refractivity contribution in [3.63, 3.8) is 0 Å².